The van der Waals surface area contributed by atoms with Crippen molar-refractivity contribution in [3.63, 3.8) is 0 Å². The molecule has 1 atom stereocenters. The van der Waals surface area contributed by atoms with E-state index in [0.29, 0.717) is 14.5 Å². The van der Waals surface area contributed by atoms with E-state index in [0.717, 1.165) is 35.2 Å². The summed E-state index contributed by atoms with van der Waals surface area (Å²) in [7, 11) is 0. The number of thiazole rings is 1. The summed E-state index contributed by atoms with van der Waals surface area (Å²) < 4.78 is 8.53. The van der Waals surface area contributed by atoms with E-state index in [1.807, 2.05) is 48.5 Å². The molecule has 0 saturated heterocycles. The molecule has 162 valence electrons. The van der Waals surface area contributed by atoms with Crippen LogP contribution in [0.15, 0.2) is 47.3 Å². The summed E-state index contributed by atoms with van der Waals surface area (Å²) >= 11 is 7.64. The van der Waals surface area contributed by atoms with Gasteiger partial charge < -0.3 is 4.74 Å². The van der Waals surface area contributed by atoms with Crippen LogP contribution in [0, 0.1) is 0 Å². The van der Waals surface area contributed by atoms with Gasteiger partial charge in [-0.15, -0.1) is 0 Å². The van der Waals surface area contributed by atoms with Crippen molar-refractivity contribution in [2.75, 3.05) is 0 Å². The summed E-state index contributed by atoms with van der Waals surface area (Å²) in [6.07, 6.45) is 9.21. The van der Waals surface area contributed by atoms with E-state index in [2.05, 4.69) is 18.8 Å². The molecular weight excluding hydrogens is 428 g/mol. The van der Waals surface area contributed by atoms with Crippen molar-refractivity contribution in [3.8, 4) is 5.75 Å². The largest absolute Gasteiger partial charge is 0.490 e. The second kappa shape index (κ2) is 9.84. The van der Waals surface area contributed by atoms with E-state index in [-0.39, 0.29) is 11.7 Å². The van der Waals surface area contributed by atoms with E-state index in [1.165, 1.54) is 37.0 Å². The molecule has 2 heterocycles. The molecular formula is C25H27ClN2O2S. The summed E-state index contributed by atoms with van der Waals surface area (Å²) in [5, 5.41) is 0.616. The zero-order chi connectivity index (χ0) is 21.8. The quantitative estimate of drug-likeness (QED) is 0.281. The van der Waals surface area contributed by atoms with Gasteiger partial charge in [-0.05, 0) is 56.2 Å². The molecule has 6 heteroatoms. The van der Waals surface area contributed by atoms with Crippen molar-refractivity contribution in [2.45, 2.75) is 58.5 Å². The maximum atomic E-state index is 13.1. The summed E-state index contributed by atoms with van der Waals surface area (Å²) in [5.41, 5.74) is 2.41. The Labute approximate surface area is 191 Å². The summed E-state index contributed by atoms with van der Waals surface area (Å²) in [4.78, 5) is 18.4. The molecule has 0 saturated carbocycles. The Morgan fingerprint density at radius 3 is 2.81 bits per heavy atom. The van der Waals surface area contributed by atoms with Gasteiger partial charge in [0, 0.05) is 10.6 Å². The van der Waals surface area contributed by atoms with Crippen molar-refractivity contribution in [1.29, 1.82) is 0 Å². The lowest BCUT2D eigenvalue weighted by Crippen LogP contribution is -2.23. The first kappa shape index (κ1) is 21.8. The van der Waals surface area contributed by atoms with Gasteiger partial charge in [0.05, 0.1) is 21.7 Å². The van der Waals surface area contributed by atoms with Gasteiger partial charge in [0.25, 0.3) is 5.56 Å². The molecule has 0 aliphatic heterocycles. The smallest absolute Gasteiger partial charge is 0.274 e. The lowest BCUT2D eigenvalue weighted by molar-refractivity contribution is 0.206. The van der Waals surface area contributed by atoms with Gasteiger partial charge in [-0.25, -0.2) is 9.38 Å². The Balaban J connectivity index is 1.61. The lowest BCUT2D eigenvalue weighted by atomic mass is 10.1. The fraction of sp³-hybridized carbons (Fsp3) is 0.360. The van der Waals surface area contributed by atoms with E-state index < -0.39 is 0 Å². The Hall–Kier alpha value is -2.37. The van der Waals surface area contributed by atoms with Crippen LogP contribution in [-0.2, 0) is 0 Å². The molecule has 4 rings (SSSR count). The number of hydrogen-bond donors (Lipinski definition) is 0. The number of aromatic nitrogens is 2. The Kier molecular flexibility index (Phi) is 6.93. The zero-order valence-corrected chi connectivity index (χ0v) is 19.5. The molecule has 4 aromatic rings. The number of hydrogen-bond acceptors (Lipinski definition) is 4. The van der Waals surface area contributed by atoms with Crippen molar-refractivity contribution in [1.82, 2.24) is 9.38 Å². The number of fused-ring (bicyclic) bond motifs is 3. The molecule has 0 amide bonds. The number of halogens is 1. The van der Waals surface area contributed by atoms with E-state index in [1.54, 1.807) is 4.40 Å². The third-order valence-electron chi connectivity index (χ3n) is 5.45. The number of para-hydroxylation sites is 2. The second-order valence-electron chi connectivity index (χ2n) is 7.95. The maximum absolute atomic E-state index is 13.1. The average molecular weight is 455 g/mol. The molecule has 0 bridgehead atoms. The fourth-order valence-electron chi connectivity index (χ4n) is 3.80. The first-order chi connectivity index (χ1) is 15.1. The SMILES string of the molecule is CCCCCCCC(C)Oc1ccc(Cl)cc1/C=c1\sc2nc3ccccc3n2c1=O. The first-order valence-corrected chi connectivity index (χ1v) is 12.1. The van der Waals surface area contributed by atoms with Gasteiger partial charge in [0.15, 0.2) is 4.96 Å². The highest BCUT2D eigenvalue weighted by Crippen LogP contribution is 2.26. The zero-order valence-electron chi connectivity index (χ0n) is 17.9. The van der Waals surface area contributed by atoms with Gasteiger partial charge in [-0.2, -0.15) is 0 Å². The van der Waals surface area contributed by atoms with Crippen LogP contribution in [0.4, 0.5) is 0 Å². The number of ether oxygens (including phenoxy) is 1. The molecule has 0 spiro atoms. The Morgan fingerprint density at radius 2 is 1.97 bits per heavy atom. The third-order valence-corrected chi connectivity index (χ3v) is 6.65. The molecule has 0 radical (unpaired) electrons. The predicted molar refractivity (Wildman–Crippen MR) is 131 cm³/mol. The Bertz CT molecular complexity index is 1290. The number of imidazole rings is 1. The standard InChI is InChI=1S/C25H27ClN2O2S/c1-3-4-5-6-7-10-17(2)30-22-14-13-19(26)15-18(22)16-23-24(29)28-21-12-9-8-11-20(21)27-25(28)31-23/h8-9,11-17H,3-7,10H2,1-2H3/b23-16-. The minimum atomic E-state index is -0.0661. The molecule has 2 aromatic heterocycles. The van der Waals surface area contributed by atoms with E-state index >= 15 is 0 Å². The van der Waals surface area contributed by atoms with Crippen molar-refractivity contribution >= 4 is 45.0 Å². The molecule has 31 heavy (non-hydrogen) atoms. The highest BCUT2D eigenvalue weighted by atomic mass is 35.5. The molecule has 0 aliphatic carbocycles. The van der Waals surface area contributed by atoms with Crippen LogP contribution < -0.4 is 14.8 Å². The number of nitrogens with zero attached hydrogens (tertiary/aromatic N) is 2. The highest BCUT2D eigenvalue weighted by Gasteiger charge is 2.13. The molecule has 1 unspecified atom stereocenters. The molecule has 4 nitrogen and oxygen atoms in total. The van der Waals surface area contributed by atoms with Crippen LogP contribution in [0.3, 0.4) is 0 Å². The molecule has 2 aromatic carbocycles. The third kappa shape index (κ3) is 4.94. The number of unbranched alkanes of at least 4 members (excludes halogenated alkanes) is 4. The average Bonchev–Trinajstić information content (AvgIpc) is 3.26. The van der Waals surface area contributed by atoms with Crippen LogP contribution >= 0.6 is 22.9 Å². The second-order valence-corrected chi connectivity index (χ2v) is 9.39. The summed E-state index contributed by atoms with van der Waals surface area (Å²) in [6.45, 7) is 4.33. The lowest BCUT2D eigenvalue weighted by Gasteiger charge is -2.16. The fourth-order valence-corrected chi connectivity index (χ4v) is 4.96. The van der Waals surface area contributed by atoms with Crippen LogP contribution in [-0.4, -0.2) is 15.5 Å². The first-order valence-electron chi connectivity index (χ1n) is 10.9. The van der Waals surface area contributed by atoms with Gasteiger partial charge in [-0.1, -0.05) is 67.7 Å². The van der Waals surface area contributed by atoms with E-state index in [9.17, 15) is 4.79 Å². The number of rotatable bonds is 9. The topological polar surface area (TPSA) is 43.6 Å². The van der Waals surface area contributed by atoms with Crippen molar-refractivity contribution in [2.24, 2.45) is 0 Å². The van der Waals surface area contributed by atoms with Gasteiger partial charge in [-0.3, -0.25) is 4.79 Å². The van der Waals surface area contributed by atoms with Crippen LogP contribution in [0.25, 0.3) is 22.1 Å². The van der Waals surface area contributed by atoms with E-state index in [4.69, 9.17) is 16.3 Å². The molecule has 0 N–H and O–H groups in total. The van der Waals surface area contributed by atoms with Crippen LogP contribution in [0.5, 0.6) is 5.75 Å². The van der Waals surface area contributed by atoms with Crippen molar-refractivity contribution < 1.29 is 4.74 Å². The predicted octanol–water partition coefficient (Wildman–Crippen LogP) is 6.24. The summed E-state index contributed by atoms with van der Waals surface area (Å²) in [5.74, 6) is 0.751. The minimum absolute atomic E-state index is 0.0661. The van der Waals surface area contributed by atoms with Gasteiger partial charge >= 0.3 is 0 Å². The highest BCUT2D eigenvalue weighted by molar-refractivity contribution is 7.15. The molecule has 0 aliphatic rings. The monoisotopic (exact) mass is 454 g/mol. The van der Waals surface area contributed by atoms with Crippen LogP contribution in [0.2, 0.25) is 5.02 Å². The normalized spacial score (nSPS) is 13.3. The van der Waals surface area contributed by atoms with Crippen molar-refractivity contribution in [3.05, 3.63) is 67.9 Å². The van der Waals surface area contributed by atoms with Crippen LogP contribution in [0.1, 0.15) is 57.9 Å². The molecule has 0 fully saturated rings. The Morgan fingerprint density at radius 1 is 1.16 bits per heavy atom. The maximum Gasteiger partial charge on any atom is 0.274 e. The van der Waals surface area contributed by atoms with Gasteiger partial charge in [0.2, 0.25) is 0 Å². The van der Waals surface area contributed by atoms with Gasteiger partial charge in [0.1, 0.15) is 5.75 Å². The summed E-state index contributed by atoms with van der Waals surface area (Å²) in [6, 6.07) is 13.3. The number of benzene rings is 2. The minimum Gasteiger partial charge on any atom is -0.490 e.